The molecule has 31 heavy (non-hydrogen) atoms. The van der Waals surface area contributed by atoms with Gasteiger partial charge in [-0.05, 0) is 54.1 Å². The van der Waals surface area contributed by atoms with Gasteiger partial charge in [-0.2, -0.15) is 0 Å². The number of hydrogen-bond acceptors (Lipinski definition) is 7. The Morgan fingerprint density at radius 2 is 1.58 bits per heavy atom. The number of methoxy groups -OCH3 is 1. The number of carbonyl (C=O) groups excluding carboxylic acids is 1. The van der Waals surface area contributed by atoms with Crippen LogP contribution in [-0.2, 0) is 30.5 Å². The summed E-state index contributed by atoms with van der Waals surface area (Å²) in [7, 11) is -6.34. The lowest BCUT2D eigenvalue weighted by Crippen LogP contribution is -2.16. The predicted octanol–water partition coefficient (Wildman–Crippen LogP) is 2.61. The number of hydrogen-bond donors (Lipinski definition) is 2. The summed E-state index contributed by atoms with van der Waals surface area (Å²) in [5.74, 6) is -0.836. The van der Waals surface area contributed by atoms with Gasteiger partial charge in [-0.15, -0.1) is 0 Å². The van der Waals surface area contributed by atoms with Crippen molar-refractivity contribution in [1.29, 1.82) is 0 Å². The second kappa shape index (κ2) is 9.14. The van der Waals surface area contributed by atoms with E-state index in [2.05, 4.69) is 19.2 Å². The van der Waals surface area contributed by atoms with E-state index in [1.54, 1.807) is 12.1 Å². The molecule has 0 saturated heterocycles. The smallest absolute Gasteiger partial charge is 0.337 e. The van der Waals surface area contributed by atoms with Gasteiger partial charge in [0.2, 0.25) is 10.0 Å². The molecule has 11 heteroatoms. The maximum atomic E-state index is 12.4. The van der Waals surface area contributed by atoms with Crippen molar-refractivity contribution in [3.8, 4) is 0 Å². The van der Waals surface area contributed by atoms with E-state index in [9.17, 15) is 21.6 Å². The normalized spacial score (nSPS) is 11.5. The molecule has 3 rings (SSSR count). The van der Waals surface area contributed by atoms with Gasteiger partial charge < -0.3 is 4.74 Å². The number of nitrogens with zero attached hydrogens (tertiary/aromatic N) is 1. The second-order valence-corrected chi connectivity index (χ2v) is 9.83. The molecule has 0 fully saturated rings. The van der Waals surface area contributed by atoms with Gasteiger partial charge in [0.05, 0.1) is 35.2 Å². The largest absolute Gasteiger partial charge is 0.465 e. The Bertz CT molecular complexity index is 1260. The van der Waals surface area contributed by atoms with E-state index in [-0.39, 0.29) is 16.3 Å². The average molecular weight is 462 g/mol. The van der Waals surface area contributed by atoms with E-state index in [1.807, 2.05) is 0 Å². The van der Waals surface area contributed by atoms with Crippen LogP contribution in [0.4, 0.5) is 11.4 Å². The molecule has 0 spiro atoms. The van der Waals surface area contributed by atoms with Crippen molar-refractivity contribution < 1.29 is 26.4 Å². The number of nitrogens with one attached hydrogen (secondary N) is 2. The van der Waals surface area contributed by atoms with Crippen molar-refractivity contribution in [2.45, 2.75) is 10.6 Å². The third kappa shape index (κ3) is 6.03. The fourth-order valence-electron chi connectivity index (χ4n) is 2.63. The Hall–Kier alpha value is -3.44. The Labute approximate surface area is 180 Å². The zero-order valence-corrected chi connectivity index (χ0v) is 18.0. The molecule has 1 aromatic heterocycles. The maximum Gasteiger partial charge on any atom is 0.337 e. The number of carbonyl (C=O) groups is 1. The van der Waals surface area contributed by atoms with E-state index in [0.29, 0.717) is 16.8 Å². The van der Waals surface area contributed by atoms with Gasteiger partial charge in [0.25, 0.3) is 10.0 Å². The molecule has 0 aliphatic heterocycles. The first-order valence-corrected chi connectivity index (χ1v) is 12.0. The Kier molecular flexibility index (Phi) is 6.56. The number of sulfonamides is 2. The summed E-state index contributed by atoms with van der Waals surface area (Å²) >= 11 is 0. The number of esters is 1. The second-order valence-electron chi connectivity index (χ2n) is 6.42. The number of benzene rings is 2. The number of ether oxygens (including phenoxy) is 1. The topological polar surface area (TPSA) is 132 Å². The highest BCUT2D eigenvalue weighted by Gasteiger charge is 2.16. The highest BCUT2D eigenvalue weighted by molar-refractivity contribution is 7.92. The van der Waals surface area contributed by atoms with E-state index in [1.165, 1.54) is 68.0 Å². The number of pyridine rings is 1. The van der Waals surface area contributed by atoms with E-state index in [4.69, 9.17) is 0 Å². The molecule has 3 aromatic rings. The number of anilines is 2. The van der Waals surface area contributed by atoms with Crippen LogP contribution in [0.25, 0.3) is 0 Å². The molecule has 0 atom stereocenters. The Balaban J connectivity index is 1.67. The zero-order chi connectivity index (χ0) is 22.5. The summed E-state index contributed by atoms with van der Waals surface area (Å²) in [5, 5.41) is 0. The lowest BCUT2D eigenvalue weighted by Gasteiger charge is -2.10. The van der Waals surface area contributed by atoms with Crippen molar-refractivity contribution >= 4 is 37.4 Å². The minimum atomic E-state index is -3.84. The molecule has 2 aromatic carbocycles. The molecule has 0 aliphatic rings. The van der Waals surface area contributed by atoms with Crippen LogP contribution in [0.5, 0.6) is 0 Å². The standard InChI is InChI=1S/C20H19N3O6S2/c1-29-20(24)16-6-4-15(5-7-16)14-30(25,26)22-17-8-10-19(11-9-17)31(27,28)23-18-3-2-12-21-13-18/h2-13,22-23H,14H2,1H3. The predicted molar refractivity (Wildman–Crippen MR) is 116 cm³/mol. The minimum absolute atomic E-state index is 0.0299. The molecule has 0 radical (unpaired) electrons. The molecule has 1 heterocycles. The van der Waals surface area contributed by atoms with Gasteiger partial charge in [-0.25, -0.2) is 21.6 Å². The van der Waals surface area contributed by atoms with Gasteiger partial charge in [0, 0.05) is 11.9 Å². The van der Waals surface area contributed by atoms with Gasteiger partial charge in [0.1, 0.15) is 0 Å². The maximum absolute atomic E-state index is 12.4. The highest BCUT2D eigenvalue weighted by Crippen LogP contribution is 2.19. The molecule has 0 bridgehead atoms. The van der Waals surface area contributed by atoms with Gasteiger partial charge >= 0.3 is 5.97 Å². The van der Waals surface area contributed by atoms with Crippen molar-refractivity contribution in [2.75, 3.05) is 16.6 Å². The van der Waals surface area contributed by atoms with Crippen LogP contribution in [0, 0.1) is 0 Å². The average Bonchev–Trinajstić information content (AvgIpc) is 2.74. The van der Waals surface area contributed by atoms with Crippen molar-refractivity contribution in [2.24, 2.45) is 0 Å². The highest BCUT2D eigenvalue weighted by atomic mass is 32.2. The quantitative estimate of drug-likeness (QED) is 0.493. The van der Waals surface area contributed by atoms with Crippen LogP contribution in [0.3, 0.4) is 0 Å². The summed E-state index contributed by atoms with van der Waals surface area (Å²) in [5.41, 5.74) is 1.31. The lowest BCUT2D eigenvalue weighted by molar-refractivity contribution is 0.0600. The third-order valence-electron chi connectivity index (χ3n) is 4.08. The van der Waals surface area contributed by atoms with E-state index < -0.39 is 26.0 Å². The van der Waals surface area contributed by atoms with Gasteiger partial charge in [-0.3, -0.25) is 14.4 Å². The first-order chi connectivity index (χ1) is 14.7. The van der Waals surface area contributed by atoms with E-state index in [0.717, 1.165) is 0 Å². The molecular weight excluding hydrogens is 442 g/mol. The van der Waals surface area contributed by atoms with Crippen LogP contribution in [0.2, 0.25) is 0 Å². The van der Waals surface area contributed by atoms with Crippen LogP contribution in [0.1, 0.15) is 15.9 Å². The fourth-order valence-corrected chi connectivity index (χ4v) is 4.87. The van der Waals surface area contributed by atoms with Crippen LogP contribution >= 0.6 is 0 Å². The first kappa shape index (κ1) is 22.2. The van der Waals surface area contributed by atoms with Crippen LogP contribution in [0.15, 0.2) is 78.0 Å². The molecule has 0 saturated carbocycles. The van der Waals surface area contributed by atoms with Crippen molar-refractivity contribution in [3.05, 3.63) is 84.2 Å². The number of aromatic nitrogens is 1. The number of rotatable bonds is 8. The third-order valence-corrected chi connectivity index (χ3v) is 6.74. The van der Waals surface area contributed by atoms with Crippen molar-refractivity contribution in [1.82, 2.24) is 4.98 Å². The zero-order valence-electron chi connectivity index (χ0n) is 16.3. The molecule has 2 N–H and O–H groups in total. The summed E-state index contributed by atoms with van der Waals surface area (Å²) in [6, 6.07) is 14.5. The molecule has 0 aliphatic carbocycles. The van der Waals surface area contributed by atoms with E-state index >= 15 is 0 Å². The van der Waals surface area contributed by atoms with Gasteiger partial charge in [0.15, 0.2) is 0 Å². The lowest BCUT2D eigenvalue weighted by atomic mass is 10.1. The summed E-state index contributed by atoms with van der Waals surface area (Å²) in [6.07, 6.45) is 2.89. The van der Waals surface area contributed by atoms with Gasteiger partial charge in [-0.1, -0.05) is 12.1 Å². The Morgan fingerprint density at radius 3 is 2.16 bits per heavy atom. The van der Waals surface area contributed by atoms with Crippen LogP contribution < -0.4 is 9.44 Å². The molecular formula is C20H19N3O6S2. The molecule has 9 nitrogen and oxygen atoms in total. The molecule has 0 amide bonds. The molecule has 162 valence electrons. The summed E-state index contributed by atoms with van der Waals surface area (Å²) in [6.45, 7) is 0. The van der Waals surface area contributed by atoms with Crippen LogP contribution in [-0.4, -0.2) is 34.9 Å². The fraction of sp³-hybridized carbons (Fsp3) is 0.100. The monoisotopic (exact) mass is 461 g/mol. The SMILES string of the molecule is COC(=O)c1ccc(CS(=O)(=O)Nc2ccc(S(=O)(=O)Nc3cccnc3)cc2)cc1. The minimum Gasteiger partial charge on any atom is -0.465 e. The first-order valence-electron chi connectivity index (χ1n) is 8.89. The Morgan fingerprint density at radius 1 is 0.903 bits per heavy atom. The summed E-state index contributed by atoms with van der Waals surface area (Å²) in [4.78, 5) is 15.3. The summed E-state index contributed by atoms with van der Waals surface area (Å²) < 4.78 is 59.1. The van der Waals surface area contributed by atoms with Crippen molar-refractivity contribution in [3.63, 3.8) is 0 Å². The molecule has 0 unspecified atom stereocenters.